The van der Waals surface area contributed by atoms with E-state index in [-0.39, 0.29) is 24.0 Å². The standard InChI is InChI=1S/C18H31N5O2.HI/c1-5-19-18(20-6-7-23-8-10-25-11-9-23)22-13-16-15(3)17(24-4)14(2)12-21-16;/h12H,5-11,13H2,1-4H3,(H2,19,20,22);1H. The molecule has 0 spiro atoms. The van der Waals surface area contributed by atoms with Crippen LogP contribution in [0.25, 0.3) is 0 Å². The molecule has 8 heteroatoms. The van der Waals surface area contributed by atoms with Crippen molar-refractivity contribution in [3.8, 4) is 5.75 Å². The fourth-order valence-electron chi connectivity index (χ4n) is 2.88. The summed E-state index contributed by atoms with van der Waals surface area (Å²) < 4.78 is 10.8. The lowest BCUT2D eigenvalue weighted by Crippen LogP contribution is -2.44. The van der Waals surface area contributed by atoms with E-state index in [1.54, 1.807) is 7.11 Å². The minimum absolute atomic E-state index is 0. The van der Waals surface area contributed by atoms with Gasteiger partial charge < -0.3 is 20.1 Å². The molecule has 2 N–H and O–H groups in total. The molecule has 0 atom stereocenters. The minimum atomic E-state index is 0. The molecule has 2 rings (SSSR count). The first kappa shape index (κ1) is 22.9. The van der Waals surface area contributed by atoms with Crippen molar-refractivity contribution in [1.29, 1.82) is 0 Å². The van der Waals surface area contributed by atoms with Crippen LogP contribution in [0.1, 0.15) is 23.7 Å². The summed E-state index contributed by atoms with van der Waals surface area (Å²) in [7, 11) is 1.69. The molecule has 7 nitrogen and oxygen atoms in total. The van der Waals surface area contributed by atoms with Gasteiger partial charge in [0.1, 0.15) is 5.75 Å². The normalized spacial score (nSPS) is 15.3. The Morgan fingerprint density at radius 3 is 2.69 bits per heavy atom. The van der Waals surface area contributed by atoms with E-state index >= 15 is 0 Å². The van der Waals surface area contributed by atoms with E-state index < -0.39 is 0 Å². The van der Waals surface area contributed by atoms with Gasteiger partial charge in [-0.15, -0.1) is 24.0 Å². The van der Waals surface area contributed by atoms with Crippen LogP contribution in [0.5, 0.6) is 5.75 Å². The van der Waals surface area contributed by atoms with Crippen molar-refractivity contribution in [3.63, 3.8) is 0 Å². The van der Waals surface area contributed by atoms with E-state index in [2.05, 4.69) is 32.4 Å². The van der Waals surface area contributed by atoms with Gasteiger partial charge >= 0.3 is 0 Å². The number of aromatic nitrogens is 1. The maximum Gasteiger partial charge on any atom is 0.191 e. The Bertz CT molecular complexity index is 577. The summed E-state index contributed by atoms with van der Waals surface area (Å²) in [6.45, 7) is 13.0. The summed E-state index contributed by atoms with van der Waals surface area (Å²) in [6.07, 6.45) is 1.84. The van der Waals surface area contributed by atoms with Crippen LogP contribution in [0.2, 0.25) is 0 Å². The molecule has 26 heavy (non-hydrogen) atoms. The summed E-state index contributed by atoms with van der Waals surface area (Å²) in [5, 5.41) is 6.68. The second-order valence-corrected chi connectivity index (χ2v) is 6.12. The van der Waals surface area contributed by atoms with Crippen molar-refractivity contribution in [1.82, 2.24) is 20.5 Å². The van der Waals surface area contributed by atoms with Gasteiger partial charge in [-0.2, -0.15) is 0 Å². The molecule has 0 saturated carbocycles. The number of aryl methyl sites for hydroxylation is 1. The van der Waals surface area contributed by atoms with Gasteiger partial charge in [0.05, 0.1) is 32.6 Å². The lowest BCUT2D eigenvalue weighted by Gasteiger charge is -2.26. The molecule has 0 unspecified atom stereocenters. The first-order valence-electron chi connectivity index (χ1n) is 8.97. The third-order valence-electron chi connectivity index (χ3n) is 4.31. The highest BCUT2D eigenvalue weighted by molar-refractivity contribution is 14.0. The summed E-state index contributed by atoms with van der Waals surface area (Å²) in [5.41, 5.74) is 3.03. The molecule has 1 aromatic rings. The van der Waals surface area contributed by atoms with Crippen molar-refractivity contribution in [3.05, 3.63) is 23.0 Å². The maximum absolute atomic E-state index is 5.47. The van der Waals surface area contributed by atoms with E-state index in [9.17, 15) is 0 Å². The molecule has 1 fully saturated rings. The molecule has 0 amide bonds. The molecule has 0 radical (unpaired) electrons. The predicted molar refractivity (Wildman–Crippen MR) is 116 cm³/mol. The number of morpholine rings is 1. The van der Waals surface area contributed by atoms with Gasteiger partial charge in [-0.05, 0) is 20.8 Å². The Labute approximate surface area is 174 Å². The number of rotatable bonds is 7. The van der Waals surface area contributed by atoms with Crippen molar-refractivity contribution in [2.24, 2.45) is 4.99 Å². The zero-order valence-electron chi connectivity index (χ0n) is 16.3. The zero-order chi connectivity index (χ0) is 18.1. The number of hydrogen-bond donors (Lipinski definition) is 2. The number of nitrogens with one attached hydrogen (secondary N) is 2. The van der Waals surface area contributed by atoms with Gasteiger partial charge in [0.25, 0.3) is 0 Å². The number of guanidine groups is 1. The number of aliphatic imine (C=N–C) groups is 1. The summed E-state index contributed by atoms with van der Waals surface area (Å²) in [5.74, 6) is 1.71. The van der Waals surface area contributed by atoms with E-state index in [0.717, 1.165) is 74.5 Å². The predicted octanol–water partition coefficient (Wildman–Crippen LogP) is 1.71. The van der Waals surface area contributed by atoms with Crippen LogP contribution in [0.3, 0.4) is 0 Å². The van der Waals surface area contributed by atoms with E-state index in [1.807, 2.05) is 20.0 Å². The summed E-state index contributed by atoms with van der Waals surface area (Å²) in [6, 6.07) is 0. The van der Waals surface area contributed by atoms with Crippen LogP contribution in [0.15, 0.2) is 11.2 Å². The van der Waals surface area contributed by atoms with E-state index in [1.165, 1.54) is 0 Å². The monoisotopic (exact) mass is 477 g/mol. The van der Waals surface area contributed by atoms with Crippen LogP contribution in [-0.2, 0) is 11.3 Å². The lowest BCUT2D eigenvalue weighted by atomic mass is 10.1. The number of pyridine rings is 1. The van der Waals surface area contributed by atoms with Crippen LogP contribution in [0.4, 0.5) is 0 Å². The van der Waals surface area contributed by atoms with Gasteiger partial charge in [0.15, 0.2) is 5.96 Å². The highest BCUT2D eigenvalue weighted by Crippen LogP contribution is 2.24. The van der Waals surface area contributed by atoms with Gasteiger partial charge in [-0.25, -0.2) is 4.99 Å². The number of halogens is 1. The highest BCUT2D eigenvalue weighted by atomic mass is 127. The molecular weight excluding hydrogens is 445 g/mol. The molecular formula is C18H32IN5O2. The van der Waals surface area contributed by atoms with E-state index in [4.69, 9.17) is 9.47 Å². The SMILES string of the molecule is CCNC(=NCc1ncc(C)c(OC)c1C)NCCN1CCOCC1.I. The molecule has 1 aromatic heterocycles. The lowest BCUT2D eigenvalue weighted by molar-refractivity contribution is 0.0389. The van der Waals surface area contributed by atoms with Gasteiger partial charge in [-0.1, -0.05) is 0 Å². The highest BCUT2D eigenvalue weighted by Gasteiger charge is 2.11. The molecule has 1 aliphatic rings. The smallest absolute Gasteiger partial charge is 0.191 e. The fourth-order valence-corrected chi connectivity index (χ4v) is 2.88. The largest absolute Gasteiger partial charge is 0.496 e. The zero-order valence-corrected chi connectivity index (χ0v) is 18.6. The van der Waals surface area contributed by atoms with Crippen LogP contribution in [-0.4, -0.2) is 68.9 Å². The molecule has 148 valence electrons. The van der Waals surface area contributed by atoms with Crippen molar-refractivity contribution in [2.45, 2.75) is 27.3 Å². The molecule has 2 heterocycles. The molecule has 0 aliphatic carbocycles. The second-order valence-electron chi connectivity index (χ2n) is 6.12. The number of methoxy groups -OCH3 is 1. The Kier molecular flexibility index (Phi) is 10.8. The van der Waals surface area contributed by atoms with Gasteiger partial charge in [-0.3, -0.25) is 9.88 Å². The van der Waals surface area contributed by atoms with Gasteiger partial charge in [0.2, 0.25) is 0 Å². The molecule has 1 aliphatic heterocycles. The Morgan fingerprint density at radius 1 is 1.31 bits per heavy atom. The molecule has 0 aromatic carbocycles. The van der Waals surface area contributed by atoms with Crippen molar-refractivity contribution < 1.29 is 9.47 Å². The topological polar surface area (TPSA) is 71.0 Å². The van der Waals surface area contributed by atoms with Crippen LogP contribution in [0, 0.1) is 13.8 Å². The molecule has 0 bridgehead atoms. The van der Waals surface area contributed by atoms with Crippen LogP contribution < -0.4 is 15.4 Å². The van der Waals surface area contributed by atoms with Gasteiger partial charge in [0, 0.05) is 50.0 Å². The third-order valence-corrected chi connectivity index (χ3v) is 4.31. The average Bonchev–Trinajstić information content (AvgIpc) is 2.62. The number of nitrogens with zero attached hydrogens (tertiary/aromatic N) is 3. The van der Waals surface area contributed by atoms with Crippen molar-refractivity contribution in [2.75, 3.05) is 53.0 Å². The number of ether oxygens (including phenoxy) is 2. The quantitative estimate of drug-likeness (QED) is 0.354. The first-order valence-corrected chi connectivity index (χ1v) is 8.97. The fraction of sp³-hybridized carbons (Fsp3) is 0.667. The number of hydrogen-bond acceptors (Lipinski definition) is 5. The Morgan fingerprint density at radius 2 is 2.04 bits per heavy atom. The summed E-state index contributed by atoms with van der Waals surface area (Å²) >= 11 is 0. The third kappa shape index (κ3) is 6.88. The maximum atomic E-state index is 5.47. The van der Waals surface area contributed by atoms with Crippen molar-refractivity contribution >= 4 is 29.9 Å². The van der Waals surface area contributed by atoms with Crippen LogP contribution >= 0.6 is 24.0 Å². The minimum Gasteiger partial charge on any atom is -0.496 e. The second kappa shape index (κ2) is 12.3. The Balaban J connectivity index is 0.00000338. The molecule has 1 saturated heterocycles. The Hall–Kier alpha value is -1.13. The summed E-state index contributed by atoms with van der Waals surface area (Å²) in [4.78, 5) is 11.6. The van der Waals surface area contributed by atoms with E-state index in [0.29, 0.717) is 6.54 Å². The average molecular weight is 477 g/mol. The first-order chi connectivity index (χ1) is 12.2.